The Hall–Kier alpha value is -1.26. The van der Waals surface area contributed by atoms with Gasteiger partial charge in [0.1, 0.15) is 5.75 Å². The molecule has 1 saturated heterocycles. The number of benzene rings is 1. The molecule has 1 N–H and O–H groups in total. The van der Waals surface area contributed by atoms with E-state index >= 15 is 0 Å². The third kappa shape index (κ3) is 6.70. The van der Waals surface area contributed by atoms with Gasteiger partial charge in [-0.05, 0) is 75.9 Å². The van der Waals surface area contributed by atoms with Gasteiger partial charge in [-0.3, -0.25) is 4.79 Å². The molecule has 1 heterocycles. The van der Waals surface area contributed by atoms with Crippen molar-refractivity contribution < 1.29 is 9.53 Å². The molecule has 1 aromatic rings. The summed E-state index contributed by atoms with van der Waals surface area (Å²) in [5, 5.41) is 3.20. The van der Waals surface area contributed by atoms with Gasteiger partial charge in [0.2, 0.25) is 5.91 Å². The summed E-state index contributed by atoms with van der Waals surface area (Å²) < 4.78 is 5.75. The molecule has 4 nitrogen and oxygen atoms in total. The summed E-state index contributed by atoms with van der Waals surface area (Å²) >= 11 is 0. The van der Waals surface area contributed by atoms with Gasteiger partial charge < -0.3 is 15.0 Å². The molecule has 0 atom stereocenters. The third-order valence-electron chi connectivity index (χ3n) is 4.55. The molecule has 136 valence electrons. The zero-order valence-corrected chi connectivity index (χ0v) is 16.0. The lowest BCUT2D eigenvalue weighted by atomic mass is 9.93. The van der Waals surface area contributed by atoms with E-state index in [1.165, 1.54) is 17.5 Å². The van der Waals surface area contributed by atoms with Crippen LogP contribution >= 0.6 is 12.4 Å². The van der Waals surface area contributed by atoms with E-state index < -0.39 is 0 Å². The average Bonchev–Trinajstić information content (AvgIpc) is 2.52. The van der Waals surface area contributed by atoms with E-state index in [0.717, 1.165) is 44.1 Å². The van der Waals surface area contributed by atoms with Crippen molar-refractivity contribution in [3.63, 3.8) is 0 Å². The molecule has 1 aromatic carbocycles. The van der Waals surface area contributed by atoms with Crippen molar-refractivity contribution in [1.82, 2.24) is 10.2 Å². The van der Waals surface area contributed by atoms with E-state index in [1.54, 1.807) is 0 Å². The molecule has 2 rings (SSSR count). The number of rotatable bonds is 7. The number of carbonyl (C=O) groups excluding carboxylic acids is 1. The first-order valence-electron chi connectivity index (χ1n) is 8.72. The molecule has 0 spiro atoms. The zero-order valence-electron chi connectivity index (χ0n) is 15.1. The second kappa shape index (κ2) is 10.6. The lowest BCUT2D eigenvalue weighted by molar-refractivity contribution is -0.133. The Morgan fingerprint density at radius 3 is 2.42 bits per heavy atom. The number of carbonyl (C=O) groups is 1. The minimum Gasteiger partial charge on any atom is -0.493 e. The molecule has 1 aliphatic heterocycles. The van der Waals surface area contributed by atoms with Crippen LogP contribution in [0, 0.1) is 19.8 Å². The van der Waals surface area contributed by atoms with E-state index in [0.29, 0.717) is 13.0 Å². The van der Waals surface area contributed by atoms with Crippen molar-refractivity contribution in [2.24, 2.45) is 5.92 Å². The highest BCUT2D eigenvalue weighted by Gasteiger charge is 2.22. The number of piperidine rings is 1. The number of hydrogen-bond donors (Lipinski definition) is 1. The normalized spacial score (nSPS) is 15.0. The molecule has 1 amide bonds. The van der Waals surface area contributed by atoms with Crippen molar-refractivity contribution in [1.29, 1.82) is 0 Å². The Kier molecular flexibility index (Phi) is 9.16. The van der Waals surface area contributed by atoms with E-state index in [-0.39, 0.29) is 18.3 Å². The van der Waals surface area contributed by atoms with Crippen LogP contribution in [0.1, 0.15) is 36.8 Å². The Balaban J connectivity index is 0.00000288. The van der Waals surface area contributed by atoms with Crippen LogP contribution in [0.5, 0.6) is 5.75 Å². The van der Waals surface area contributed by atoms with Gasteiger partial charge in [-0.25, -0.2) is 0 Å². The second-order valence-electron chi connectivity index (χ2n) is 6.64. The Morgan fingerprint density at radius 2 is 1.83 bits per heavy atom. The molecule has 0 aliphatic carbocycles. The molecular weight excluding hydrogens is 324 g/mol. The summed E-state index contributed by atoms with van der Waals surface area (Å²) in [7, 11) is 1.99. The average molecular weight is 355 g/mol. The molecular formula is C19H31ClN2O2. The Bertz CT molecular complexity index is 494. The standard InChI is InChI=1S/C19H30N2O2.ClH/c1-15-12-16(2)14-18(13-15)23-11-7-19(22)21-9-5-17(6-10-21)4-8-20-3;/h12-14,17,20H,4-11H2,1-3H3;1H. The lowest BCUT2D eigenvalue weighted by Crippen LogP contribution is -2.39. The summed E-state index contributed by atoms with van der Waals surface area (Å²) in [6.07, 6.45) is 3.94. The fourth-order valence-corrected chi connectivity index (χ4v) is 3.25. The largest absolute Gasteiger partial charge is 0.493 e. The molecule has 24 heavy (non-hydrogen) atoms. The first-order chi connectivity index (χ1) is 11.1. The molecule has 5 heteroatoms. The van der Waals surface area contributed by atoms with E-state index in [2.05, 4.69) is 25.2 Å². The van der Waals surface area contributed by atoms with Crippen LogP contribution in [0.15, 0.2) is 18.2 Å². The van der Waals surface area contributed by atoms with Gasteiger partial charge in [0.25, 0.3) is 0 Å². The maximum Gasteiger partial charge on any atom is 0.225 e. The van der Waals surface area contributed by atoms with Gasteiger partial charge >= 0.3 is 0 Å². The van der Waals surface area contributed by atoms with Crippen LogP contribution in [0.2, 0.25) is 0 Å². The fraction of sp³-hybridized carbons (Fsp3) is 0.632. The molecule has 1 fully saturated rings. The minimum absolute atomic E-state index is 0. The van der Waals surface area contributed by atoms with E-state index in [1.807, 2.05) is 24.1 Å². The molecule has 1 aliphatic rings. The summed E-state index contributed by atoms with van der Waals surface area (Å²) in [6.45, 7) is 7.45. The molecule has 0 unspecified atom stereocenters. The summed E-state index contributed by atoms with van der Waals surface area (Å²) in [5.74, 6) is 1.85. The maximum absolute atomic E-state index is 12.3. The zero-order chi connectivity index (χ0) is 16.7. The predicted molar refractivity (Wildman–Crippen MR) is 101 cm³/mol. The van der Waals surface area contributed by atoms with Gasteiger partial charge in [0.15, 0.2) is 0 Å². The highest BCUT2D eigenvalue weighted by molar-refractivity contribution is 5.85. The van der Waals surface area contributed by atoms with Crippen molar-refractivity contribution in [2.45, 2.75) is 39.5 Å². The topological polar surface area (TPSA) is 41.6 Å². The monoisotopic (exact) mass is 354 g/mol. The molecule has 0 aromatic heterocycles. The van der Waals surface area contributed by atoms with Gasteiger partial charge in [-0.1, -0.05) is 6.07 Å². The maximum atomic E-state index is 12.3. The SMILES string of the molecule is CNCCC1CCN(C(=O)CCOc2cc(C)cc(C)c2)CC1.Cl. The van der Waals surface area contributed by atoms with Gasteiger partial charge in [-0.2, -0.15) is 0 Å². The Morgan fingerprint density at radius 1 is 1.21 bits per heavy atom. The van der Waals surface area contributed by atoms with E-state index in [4.69, 9.17) is 4.74 Å². The number of amides is 1. The van der Waals surface area contributed by atoms with Crippen molar-refractivity contribution in [3.8, 4) is 5.75 Å². The van der Waals surface area contributed by atoms with Gasteiger partial charge in [0.05, 0.1) is 13.0 Å². The quantitative estimate of drug-likeness (QED) is 0.816. The van der Waals surface area contributed by atoms with Gasteiger partial charge in [-0.15, -0.1) is 12.4 Å². The Labute approximate surface area is 152 Å². The minimum atomic E-state index is 0. The first-order valence-corrected chi connectivity index (χ1v) is 8.72. The number of nitrogens with one attached hydrogen (secondary N) is 1. The number of nitrogens with zero attached hydrogens (tertiary/aromatic N) is 1. The van der Waals surface area contributed by atoms with Crippen LogP contribution in [-0.4, -0.2) is 44.1 Å². The van der Waals surface area contributed by atoms with E-state index in [9.17, 15) is 4.79 Å². The number of likely N-dealkylation sites (tertiary alicyclic amines) is 1. The first kappa shape index (κ1) is 20.8. The van der Waals surface area contributed by atoms with Crippen LogP contribution in [0.25, 0.3) is 0 Å². The number of ether oxygens (including phenoxy) is 1. The molecule has 0 bridgehead atoms. The highest BCUT2D eigenvalue weighted by atomic mass is 35.5. The number of halogens is 1. The smallest absolute Gasteiger partial charge is 0.225 e. The predicted octanol–water partition coefficient (Wildman–Crippen LogP) is 3.34. The van der Waals surface area contributed by atoms with Gasteiger partial charge in [0, 0.05) is 13.1 Å². The lowest BCUT2D eigenvalue weighted by Gasteiger charge is -2.32. The third-order valence-corrected chi connectivity index (χ3v) is 4.55. The van der Waals surface area contributed by atoms with Crippen LogP contribution in [0.3, 0.4) is 0 Å². The van der Waals surface area contributed by atoms with Crippen molar-refractivity contribution in [3.05, 3.63) is 29.3 Å². The summed E-state index contributed by atoms with van der Waals surface area (Å²) in [4.78, 5) is 14.3. The molecule has 0 saturated carbocycles. The number of aryl methyl sites for hydroxylation is 2. The molecule has 0 radical (unpaired) electrons. The highest BCUT2D eigenvalue weighted by Crippen LogP contribution is 2.21. The number of hydrogen-bond acceptors (Lipinski definition) is 3. The summed E-state index contributed by atoms with van der Waals surface area (Å²) in [6, 6.07) is 6.16. The van der Waals surface area contributed by atoms with Crippen LogP contribution in [0.4, 0.5) is 0 Å². The van der Waals surface area contributed by atoms with Crippen LogP contribution < -0.4 is 10.1 Å². The second-order valence-corrected chi connectivity index (χ2v) is 6.64. The van der Waals surface area contributed by atoms with Crippen molar-refractivity contribution in [2.75, 3.05) is 33.3 Å². The van der Waals surface area contributed by atoms with Crippen LogP contribution in [-0.2, 0) is 4.79 Å². The fourth-order valence-electron chi connectivity index (χ4n) is 3.25. The van der Waals surface area contributed by atoms with Crippen molar-refractivity contribution >= 4 is 18.3 Å². The summed E-state index contributed by atoms with van der Waals surface area (Å²) in [5.41, 5.74) is 2.38.